The van der Waals surface area contributed by atoms with Crippen LogP contribution >= 0.6 is 0 Å². The average molecular weight is 365 g/mol. The first-order valence-electron chi connectivity index (χ1n) is 10.1. The Morgan fingerprint density at radius 3 is 2.11 bits per heavy atom. The van der Waals surface area contributed by atoms with E-state index in [-0.39, 0.29) is 0 Å². The first kappa shape index (κ1) is 17.1. The molecule has 0 amide bonds. The zero-order chi connectivity index (χ0) is 19.1. The van der Waals surface area contributed by atoms with Crippen molar-refractivity contribution >= 4 is 10.8 Å². The number of aryl methyl sites for hydroxylation is 2. The summed E-state index contributed by atoms with van der Waals surface area (Å²) in [5.41, 5.74) is 6.87. The first-order chi connectivity index (χ1) is 13.7. The fourth-order valence-corrected chi connectivity index (χ4v) is 4.25. The van der Waals surface area contributed by atoms with Crippen LogP contribution in [0.2, 0.25) is 0 Å². The lowest BCUT2D eigenvalue weighted by atomic mass is 9.95. The Balaban J connectivity index is 1.62. The van der Waals surface area contributed by atoms with Crippen LogP contribution in [-0.2, 0) is 25.7 Å². The van der Waals surface area contributed by atoms with E-state index >= 15 is 0 Å². The summed E-state index contributed by atoms with van der Waals surface area (Å²) in [5.74, 6) is 2.66. The normalized spacial score (nSPS) is 12.2. The van der Waals surface area contributed by atoms with Crippen molar-refractivity contribution in [1.82, 2.24) is 15.0 Å². The Morgan fingerprint density at radius 1 is 0.714 bits per heavy atom. The van der Waals surface area contributed by atoms with Crippen LogP contribution in [0.25, 0.3) is 21.9 Å². The third-order valence-electron chi connectivity index (χ3n) is 5.61. The molecule has 138 valence electrons. The van der Waals surface area contributed by atoms with Crippen molar-refractivity contribution in [2.24, 2.45) is 0 Å². The molecular weight excluding hydrogens is 342 g/mol. The smallest absolute Gasteiger partial charge is 0.137 e. The van der Waals surface area contributed by atoms with Gasteiger partial charge in [0.05, 0.1) is 0 Å². The fourth-order valence-electron chi connectivity index (χ4n) is 4.25. The number of benzene rings is 3. The molecule has 0 aliphatic heterocycles. The van der Waals surface area contributed by atoms with Gasteiger partial charge in [-0.2, -0.15) is 0 Å². The number of hydrogen-bond acceptors (Lipinski definition) is 3. The third kappa shape index (κ3) is 2.88. The van der Waals surface area contributed by atoms with E-state index in [1.807, 2.05) is 0 Å². The Morgan fingerprint density at radius 2 is 1.39 bits per heavy atom. The van der Waals surface area contributed by atoms with Crippen molar-refractivity contribution in [1.29, 1.82) is 0 Å². The average Bonchev–Trinajstić information content (AvgIpc) is 3.10. The monoisotopic (exact) mass is 365 g/mol. The van der Waals surface area contributed by atoms with Gasteiger partial charge in [0.25, 0.3) is 0 Å². The van der Waals surface area contributed by atoms with Gasteiger partial charge in [-0.1, -0.05) is 62.4 Å². The van der Waals surface area contributed by atoms with Crippen molar-refractivity contribution in [2.75, 3.05) is 0 Å². The van der Waals surface area contributed by atoms with Gasteiger partial charge in [0.15, 0.2) is 0 Å². The van der Waals surface area contributed by atoms with E-state index in [0.717, 1.165) is 43.2 Å². The molecule has 1 aliphatic rings. The fraction of sp³-hybridized carbons (Fsp3) is 0.240. The molecule has 3 nitrogen and oxygen atoms in total. The molecule has 1 heterocycles. The maximum Gasteiger partial charge on any atom is 0.137 e. The molecule has 0 fully saturated rings. The van der Waals surface area contributed by atoms with Gasteiger partial charge in [-0.25, -0.2) is 15.0 Å². The van der Waals surface area contributed by atoms with Crippen molar-refractivity contribution in [3.05, 3.63) is 88.8 Å². The standard InChI is InChI=1S/C25H23N3/c1-3-22-26-23(4-2)28-24(27-22)15-19-11-7-10-18-13-20-12-16-8-5-6-9-17(16)14-21(20)25(18)19/h5-12,14H,3-4,13,15H2,1-2H3. The molecule has 0 unspecified atom stereocenters. The lowest BCUT2D eigenvalue weighted by Crippen LogP contribution is -2.08. The Hall–Kier alpha value is -3.07. The highest BCUT2D eigenvalue weighted by Crippen LogP contribution is 2.41. The van der Waals surface area contributed by atoms with Gasteiger partial charge in [-0.3, -0.25) is 0 Å². The number of hydrogen-bond donors (Lipinski definition) is 0. The maximum atomic E-state index is 4.70. The molecule has 1 aliphatic carbocycles. The molecule has 3 aromatic carbocycles. The van der Waals surface area contributed by atoms with Crippen molar-refractivity contribution < 1.29 is 0 Å². The number of rotatable bonds is 4. The quantitative estimate of drug-likeness (QED) is 0.433. The summed E-state index contributed by atoms with van der Waals surface area (Å²) in [6.45, 7) is 4.19. The molecule has 0 radical (unpaired) electrons. The SMILES string of the molecule is CCc1nc(CC)nc(Cc2cccc3c2-c2cc4ccccc4cc2C3)n1. The van der Waals surface area contributed by atoms with E-state index in [0.29, 0.717) is 0 Å². The zero-order valence-corrected chi connectivity index (χ0v) is 16.4. The second-order valence-corrected chi connectivity index (χ2v) is 7.45. The molecular formula is C25H23N3. The second kappa shape index (κ2) is 6.83. The van der Waals surface area contributed by atoms with E-state index in [2.05, 4.69) is 73.4 Å². The molecule has 0 saturated carbocycles. The summed E-state index contributed by atoms with van der Waals surface area (Å²) in [6, 6.07) is 20.0. The minimum Gasteiger partial charge on any atom is -0.218 e. The van der Waals surface area contributed by atoms with E-state index in [1.54, 1.807) is 0 Å². The van der Waals surface area contributed by atoms with Gasteiger partial charge < -0.3 is 0 Å². The summed E-state index contributed by atoms with van der Waals surface area (Å²) < 4.78 is 0. The first-order valence-corrected chi connectivity index (χ1v) is 10.1. The van der Waals surface area contributed by atoms with Gasteiger partial charge in [-0.05, 0) is 51.1 Å². The van der Waals surface area contributed by atoms with Crippen molar-refractivity contribution in [3.8, 4) is 11.1 Å². The molecule has 0 spiro atoms. The molecule has 3 heteroatoms. The molecule has 4 aromatic rings. The van der Waals surface area contributed by atoms with E-state index in [4.69, 9.17) is 9.97 Å². The highest BCUT2D eigenvalue weighted by molar-refractivity contribution is 5.92. The molecule has 28 heavy (non-hydrogen) atoms. The minimum atomic E-state index is 0.748. The second-order valence-electron chi connectivity index (χ2n) is 7.45. The van der Waals surface area contributed by atoms with E-state index < -0.39 is 0 Å². The minimum absolute atomic E-state index is 0.748. The Kier molecular flexibility index (Phi) is 4.16. The summed E-state index contributed by atoms with van der Waals surface area (Å²) in [5, 5.41) is 2.61. The van der Waals surface area contributed by atoms with Crippen LogP contribution in [0.3, 0.4) is 0 Å². The maximum absolute atomic E-state index is 4.70. The van der Waals surface area contributed by atoms with Crippen LogP contribution in [-0.4, -0.2) is 15.0 Å². The summed E-state index contributed by atoms with van der Waals surface area (Å²) in [7, 11) is 0. The zero-order valence-electron chi connectivity index (χ0n) is 16.4. The Labute approximate surface area is 165 Å². The lowest BCUT2D eigenvalue weighted by molar-refractivity contribution is 0.779. The molecule has 1 aromatic heterocycles. The van der Waals surface area contributed by atoms with Gasteiger partial charge in [0.1, 0.15) is 17.5 Å². The number of aromatic nitrogens is 3. The largest absolute Gasteiger partial charge is 0.218 e. The van der Waals surface area contributed by atoms with Crippen LogP contribution in [0.1, 0.15) is 48.0 Å². The number of fused-ring (bicyclic) bond motifs is 4. The summed E-state index contributed by atoms with van der Waals surface area (Å²) >= 11 is 0. The van der Waals surface area contributed by atoms with Gasteiger partial charge in [0.2, 0.25) is 0 Å². The van der Waals surface area contributed by atoms with Crippen LogP contribution in [0, 0.1) is 0 Å². The molecule has 5 rings (SSSR count). The molecule has 0 N–H and O–H groups in total. The topological polar surface area (TPSA) is 38.7 Å². The number of nitrogens with zero attached hydrogens (tertiary/aromatic N) is 3. The lowest BCUT2D eigenvalue weighted by Gasteiger charge is -2.11. The van der Waals surface area contributed by atoms with E-state index in [9.17, 15) is 0 Å². The predicted molar refractivity (Wildman–Crippen MR) is 114 cm³/mol. The van der Waals surface area contributed by atoms with Crippen LogP contribution in [0.5, 0.6) is 0 Å². The van der Waals surface area contributed by atoms with Crippen molar-refractivity contribution in [3.63, 3.8) is 0 Å². The van der Waals surface area contributed by atoms with E-state index in [1.165, 1.54) is 38.6 Å². The molecule has 0 bridgehead atoms. The predicted octanol–water partition coefficient (Wildman–Crippen LogP) is 5.31. The molecule has 0 atom stereocenters. The van der Waals surface area contributed by atoms with Crippen LogP contribution in [0.4, 0.5) is 0 Å². The van der Waals surface area contributed by atoms with Gasteiger partial charge in [-0.15, -0.1) is 0 Å². The van der Waals surface area contributed by atoms with Crippen LogP contribution < -0.4 is 0 Å². The molecule has 0 saturated heterocycles. The highest BCUT2D eigenvalue weighted by atomic mass is 15.0. The van der Waals surface area contributed by atoms with Gasteiger partial charge in [0, 0.05) is 19.3 Å². The summed E-state index contributed by atoms with van der Waals surface area (Å²) in [6.07, 6.45) is 3.42. The summed E-state index contributed by atoms with van der Waals surface area (Å²) in [4.78, 5) is 13.9. The van der Waals surface area contributed by atoms with Crippen LogP contribution in [0.15, 0.2) is 54.6 Å². The third-order valence-corrected chi connectivity index (χ3v) is 5.61. The highest BCUT2D eigenvalue weighted by Gasteiger charge is 2.22. The Bertz CT molecular complexity index is 1170. The van der Waals surface area contributed by atoms with Gasteiger partial charge >= 0.3 is 0 Å². The van der Waals surface area contributed by atoms with Crippen molar-refractivity contribution in [2.45, 2.75) is 39.5 Å².